The van der Waals surface area contributed by atoms with Crippen LogP contribution in [0.4, 0.5) is 5.69 Å². The predicted molar refractivity (Wildman–Crippen MR) is 81.0 cm³/mol. The zero-order valence-electron chi connectivity index (χ0n) is 12.4. The van der Waals surface area contributed by atoms with Gasteiger partial charge in [-0.25, -0.2) is 8.42 Å². The minimum Gasteiger partial charge on any atom is -0.398 e. The summed E-state index contributed by atoms with van der Waals surface area (Å²) in [5.41, 5.74) is 6.29. The van der Waals surface area contributed by atoms with E-state index < -0.39 is 10.0 Å². The van der Waals surface area contributed by atoms with Gasteiger partial charge in [-0.3, -0.25) is 4.90 Å². The Labute approximate surface area is 125 Å². The highest BCUT2D eigenvalue weighted by Gasteiger charge is 2.35. The fraction of sp³-hybridized carbons (Fsp3) is 0.500. The number of likely N-dealkylation sites (N-methyl/N-ethyl adjacent to an activating group) is 1. The topological polar surface area (TPSA) is 90.4 Å². The summed E-state index contributed by atoms with van der Waals surface area (Å²) in [5, 5.41) is 8.83. The van der Waals surface area contributed by atoms with Gasteiger partial charge in [0.1, 0.15) is 4.90 Å². The maximum absolute atomic E-state index is 12.7. The molecule has 0 aromatic heterocycles. The molecule has 0 amide bonds. The van der Waals surface area contributed by atoms with Crippen molar-refractivity contribution in [1.29, 1.82) is 5.26 Å². The van der Waals surface area contributed by atoms with E-state index in [1.165, 1.54) is 22.5 Å². The molecule has 1 fully saturated rings. The molecule has 2 unspecified atom stereocenters. The van der Waals surface area contributed by atoms with Gasteiger partial charge in [0.15, 0.2) is 0 Å². The Morgan fingerprint density at radius 1 is 1.29 bits per heavy atom. The monoisotopic (exact) mass is 308 g/mol. The number of rotatable bonds is 2. The number of nitrogen functional groups attached to an aromatic ring is 1. The Morgan fingerprint density at radius 2 is 1.86 bits per heavy atom. The number of nitrogens with zero attached hydrogens (tertiary/aromatic N) is 3. The summed E-state index contributed by atoms with van der Waals surface area (Å²) in [7, 11) is -1.64. The molecule has 2 atom stereocenters. The van der Waals surface area contributed by atoms with Gasteiger partial charge in [-0.15, -0.1) is 0 Å². The molecule has 1 aromatic rings. The Balaban J connectivity index is 2.37. The molecule has 21 heavy (non-hydrogen) atoms. The third-order valence-electron chi connectivity index (χ3n) is 4.08. The van der Waals surface area contributed by atoms with E-state index in [-0.39, 0.29) is 22.7 Å². The van der Waals surface area contributed by atoms with E-state index >= 15 is 0 Å². The van der Waals surface area contributed by atoms with E-state index in [4.69, 9.17) is 11.0 Å². The van der Waals surface area contributed by atoms with Crippen LogP contribution in [-0.2, 0) is 10.0 Å². The van der Waals surface area contributed by atoms with Crippen molar-refractivity contribution in [1.82, 2.24) is 9.21 Å². The van der Waals surface area contributed by atoms with Crippen LogP contribution in [0, 0.1) is 11.3 Å². The minimum absolute atomic E-state index is 0.0745. The number of hydrogen-bond donors (Lipinski definition) is 1. The Kier molecular flexibility index (Phi) is 4.23. The van der Waals surface area contributed by atoms with E-state index in [0.29, 0.717) is 18.7 Å². The lowest BCUT2D eigenvalue weighted by Gasteiger charge is -2.41. The molecule has 1 heterocycles. The minimum atomic E-state index is -3.63. The fourth-order valence-corrected chi connectivity index (χ4v) is 4.24. The maximum Gasteiger partial charge on any atom is 0.245 e. The highest BCUT2D eigenvalue weighted by Crippen LogP contribution is 2.26. The molecule has 0 radical (unpaired) electrons. The number of anilines is 1. The first-order chi connectivity index (χ1) is 9.77. The molecule has 6 nitrogen and oxygen atoms in total. The Bertz CT molecular complexity index is 669. The Hall–Kier alpha value is -1.62. The molecule has 2 rings (SSSR count). The zero-order chi connectivity index (χ0) is 15.8. The number of benzene rings is 1. The largest absolute Gasteiger partial charge is 0.398 e. The van der Waals surface area contributed by atoms with Crippen LogP contribution in [0.1, 0.15) is 19.4 Å². The summed E-state index contributed by atoms with van der Waals surface area (Å²) in [4.78, 5) is 2.24. The van der Waals surface area contributed by atoms with Crippen molar-refractivity contribution in [3.63, 3.8) is 0 Å². The molecule has 1 aromatic carbocycles. The summed E-state index contributed by atoms with van der Waals surface area (Å²) in [6.07, 6.45) is 0. The lowest BCUT2D eigenvalue weighted by molar-refractivity contribution is 0.105. The molecule has 2 N–H and O–H groups in total. The molecule has 114 valence electrons. The summed E-state index contributed by atoms with van der Waals surface area (Å²) in [6.45, 7) is 4.87. The van der Waals surface area contributed by atoms with E-state index in [1.807, 2.05) is 27.0 Å². The molecule has 0 spiro atoms. The van der Waals surface area contributed by atoms with Crippen molar-refractivity contribution < 1.29 is 8.42 Å². The molecule has 7 heteroatoms. The van der Waals surface area contributed by atoms with Crippen LogP contribution in [0.25, 0.3) is 0 Å². The number of nitrogens with two attached hydrogens (primary N) is 1. The maximum atomic E-state index is 12.7. The van der Waals surface area contributed by atoms with Gasteiger partial charge in [0, 0.05) is 25.2 Å². The summed E-state index contributed by atoms with van der Waals surface area (Å²) >= 11 is 0. The number of piperazine rings is 1. The SMILES string of the molecule is CC1CN(S(=O)(=O)c2ccc(C#N)cc2N)CC(C)N1C. The summed E-state index contributed by atoms with van der Waals surface area (Å²) < 4.78 is 27.0. The van der Waals surface area contributed by atoms with Crippen molar-refractivity contribution in [2.24, 2.45) is 0 Å². The first-order valence-corrected chi connectivity index (χ1v) is 8.23. The van der Waals surface area contributed by atoms with Crippen LogP contribution in [0.3, 0.4) is 0 Å². The second-order valence-corrected chi connectivity index (χ2v) is 7.46. The first-order valence-electron chi connectivity index (χ1n) is 6.79. The van der Waals surface area contributed by atoms with Gasteiger partial charge in [-0.2, -0.15) is 9.57 Å². The van der Waals surface area contributed by atoms with Crippen LogP contribution in [-0.4, -0.2) is 49.8 Å². The second-order valence-electron chi connectivity index (χ2n) is 5.55. The summed E-state index contributed by atoms with van der Waals surface area (Å²) in [6, 6.07) is 6.52. The highest BCUT2D eigenvalue weighted by molar-refractivity contribution is 7.89. The molecular formula is C14H20N4O2S. The molecule has 0 bridgehead atoms. The standard InChI is InChI=1S/C14H20N4O2S/c1-10-8-18(9-11(2)17(10)3)21(19,20)14-5-4-12(7-15)6-13(14)16/h4-6,10-11H,8-9,16H2,1-3H3. The van der Waals surface area contributed by atoms with Crippen molar-refractivity contribution in [3.05, 3.63) is 23.8 Å². The molecule has 1 aliphatic rings. The van der Waals surface area contributed by atoms with Crippen molar-refractivity contribution in [2.75, 3.05) is 25.9 Å². The van der Waals surface area contributed by atoms with Gasteiger partial charge in [0.2, 0.25) is 10.0 Å². The van der Waals surface area contributed by atoms with Crippen molar-refractivity contribution in [2.45, 2.75) is 30.8 Å². The molecule has 1 aliphatic heterocycles. The zero-order valence-corrected chi connectivity index (χ0v) is 13.3. The van der Waals surface area contributed by atoms with Crippen LogP contribution in [0.15, 0.2) is 23.1 Å². The third-order valence-corrected chi connectivity index (χ3v) is 5.99. The van der Waals surface area contributed by atoms with Gasteiger partial charge in [0.25, 0.3) is 0 Å². The Morgan fingerprint density at radius 3 is 2.33 bits per heavy atom. The highest BCUT2D eigenvalue weighted by atomic mass is 32.2. The molecular weight excluding hydrogens is 288 g/mol. The quantitative estimate of drug-likeness (QED) is 0.818. The number of nitriles is 1. The lowest BCUT2D eigenvalue weighted by atomic mass is 10.1. The van der Waals surface area contributed by atoms with Crippen LogP contribution in [0.5, 0.6) is 0 Å². The van der Waals surface area contributed by atoms with Gasteiger partial charge >= 0.3 is 0 Å². The normalized spacial score (nSPS) is 24.7. The van der Waals surface area contributed by atoms with Gasteiger partial charge in [-0.1, -0.05) is 0 Å². The van der Waals surface area contributed by atoms with Crippen LogP contribution < -0.4 is 5.73 Å². The van der Waals surface area contributed by atoms with Gasteiger partial charge < -0.3 is 5.73 Å². The van der Waals surface area contributed by atoms with Crippen molar-refractivity contribution in [3.8, 4) is 6.07 Å². The van der Waals surface area contributed by atoms with Gasteiger partial charge in [-0.05, 0) is 39.1 Å². The molecule has 0 saturated carbocycles. The smallest absolute Gasteiger partial charge is 0.245 e. The average Bonchev–Trinajstić information content (AvgIpc) is 2.43. The summed E-state index contributed by atoms with van der Waals surface area (Å²) in [5.74, 6) is 0. The fourth-order valence-electron chi connectivity index (χ4n) is 2.54. The van der Waals surface area contributed by atoms with E-state index in [2.05, 4.69) is 4.90 Å². The van der Waals surface area contributed by atoms with E-state index in [9.17, 15) is 8.42 Å². The van der Waals surface area contributed by atoms with Crippen LogP contribution in [0.2, 0.25) is 0 Å². The number of hydrogen-bond acceptors (Lipinski definition) is 5. The van der Waals surface area contributed by atoms with Crippen molar-refractivity contribution >= 4 is 15.7 Å². The lowest BCUT2D eigenvalue weighted by Crippen LogP contribution is -2.56. The van der Waals surface area contributed by atoms with Gasteiger partial charge in [0.05, 0.1) is 17.3 Å². The first kappa shape index (κ1) is 15.8. The predicted octanol–water partition coefficient (Wildman–Crippen LogP) is 0.854. The third kappa shape index (κ3) is 2.88. The second kappa shape index (κ2) is 5.64. The molecule has 0 aliphatic carbocycles. The van der Waals surface area contributed by atoms with E-state index in [1.54, 1.807) is 0 Å². The average molecular weight is 308 g/mol. The molecule has 1 saturated heterocycles. The van der Waals surface area contributed by atoms with Crippen LogP contribution >= 0.6 is 0 Å². The van der Waals surface area contributed by atoms with E-state index in [0.717, 1.165) is 0 Å². The number of sulfonamides is 1.